The Morgan fingerprint density at radius 3 is 2.90 bits per heavy atom. The minimum atomic E-state index is -1.10. The van der Waals surface area contributed by atoms with Gasteiger partial charge in [-0.1, -0.05) is 0 Å². The zero-order valence-corrected chi connectivity index (χ0v) is 11.1. The maximum absolute atomic E-state index is 11.6. The van der Waals surface area contributed by atoms with Gasteiger partial charge in [-0.25, -0.2) is 14.6 Å². The molecule has 0 radical (unpaired) electrons. The van der Waals surface area contributed by atoms with E-state index in [0.29, 0.717) is 18.7 Å². The number of rotatable bonds is 8. The highest BCUT2D eigenvalue weighted by Crippen LogP contribution is 1.99. The zero-order valence-electron chi connectivity index (χ0n) is 11.1. The van der Waals surface area contributed by atoms with Gasteiger partial charge in [0, 0.05) is 31.3 Å². The third-order valence-electron chi connectivity index (χ3n) is 2.62. The SMILES string of the molecule is C#CCCCCNC(=O)N[C@H](Cc1cnc[nH]1)C(=O)O. The van der Waals surface area contributed by atoms with E-state index in [4.69, 9.17) is 11.5 Å². The molecule has 0 aliphatic heterocycles. The van der Waals surface area contributed by atoms with Crippen LogP contribution in [0.2, 0.25) is 0 Å². The molecule has 1 rings (SSSR count). The number of urea groups is 1. The average Bonchev–Trinajstić information content (AvgIpc) is 2.90. The Morgan fingerprint density at radius 1 is 1.50 bits per heavy atom. The van der Waals surface area contributed by atoms with Crippen LogP contribution in [0, 0.1) is 12.3 Å². The highest BCUT2D eigenvalue weighted by atomic mass is 16.4. The van der Waals surface area contributed by atoms with Gasteiger partial charge < -0.3 is 20.7 Å². The number of nitrogens with zero attached hydrogens (tertiary/aromatic N) is 1. The molecular formula is C13H18N4O3. The molecule has 108 valence electrons. The van der Waals surface area contributed by atoms with Crippen molar-refractivity contribution in [1.29, 1.82) is 0 Å². The van der Waals surface area contributed by atoms with Crippen LogP contribution in [0.15, 0.2) is 12.5 Å². The van der Waals surface area contributed by atoms with Gasteiger partial charge in [0.2, 0.25) is 0 Å². The first-order valence-electron chi connectivity index (χ1n) is 6.31. The molecule has 1 heterocycles. The number of hydrogen-bond donors (Lipinski definition) is 4. The summed E-state index contributed by atoms with van der Waals surface area (Å²) < 4.78 is 0. The van der Waals surface area contributed by atoms with Gasteiger partial charge in [0.15, 0.2) is 0 Å². The number of unbranched alkanes of at least 4 members (excludes halogenated alkanes) is 2. The van der Waals surface area contributed by atoms with Crippen molar-refractivity contribution in [2.75, 3.05) is 6.54 Å². The predicted octanol–water partition coefficient (Wildman–Crippen LogP) is 0.508. The van der Waals surface area contributed by atoms with Crippen LogP contribution in [0.1, 0.15) is 25.0 Å². The Morgan fingerprint density at radius 2 is 2.30 bits per heavy atom. The molecule has 0 aromatic carbocycles. The predicted molar refractivity (Wildman–Crippen MR) is 72.9 cm³/mol. The van der Waals surface area contributed by atoms with Gasteiger partial charge >= 0.3 is 12.0 Å². The number of carboxylic acids is 1. The van der Waals surface area contributed by atoms with Crippen LogP contribution in [0.3, 0.4) is 0 Å². The summed E-state index contributed by atoms with van der Waals surface area (Å²) in [4.78, 5) is 29.2. The molecule has 4 N–H and O–H groups in total. The number of carboxylic acid groups (broad SMARTS) is 1. The lowest BCUT2D eigenvalue weighted by atomic mass is 10.2. The quantitative estimate of drug-likeness (QED) is 0.410. The van der Waals surface area contributed by atoms with E-state index in [9.17, 15) is 9.59 Å². The number of imidazole rings is 1. The second kappa shape index (κ2) is 8.58. The Bertz CT molecular complexity index is 464. The van der Waals surface area contributed by atoms with Gasteiger partial charge in [-0.3, -0.25) is 0 Å². The van der Waals surface area contributed by atoms with Crippen molar-refractivity contribution in [2.24, 2.45) is 0 Å². The van der Waals surface area contributed by atoms with Crippen LogP contribution >= 0.6 is 0 Å². The Balaban J connectivity index is 2.32. The van der Waals surface area contributed by atoms with Crippen LogP contribution in [0.5, 0.6) is 0 Å². The van der Waals surface area contributed by atoms with Crippen molar-refractivity contribution in [3.05, 3.63) is 18.2 Å². The Kier molecular flexibility index (Phi) is 6.68. The summed E-state index contributed by atoms with van der Waals surface area (Å²) in [5.74, 6) is 1.42. The van der Waals surface area contributed by atoms with Crippen LogP contribution in [-0.4, -0.2) is 39.7 Å². The number of amides is 2. The number of H-pyrrole nitrogens is 1. The van der Waals surface area contributed by atoms with E-state index < -0.39 is 18.0 Å². The van der Waals surface area contributed by atoms with Gasteiger partial charge in [0.05, 0.1) is 6.33 Å². The van der Waals surface area contributed by atoms with E-state index in [0.717, 1.165) is 12.8 Å². The second-order valence-electron chi connectivity index (χ2n) is 4.23. The third-order valence-corrected chi connectivity index (χ3v) is 2.62. The zero-order chi connectivity index (χ0) is 14.8. The molecule has 1 aromatic rings. The van der Waals surface area contributed by atoms with E-state index in [1.807, 2.05) is 0 Å². The van der Waals surface area contributed by atoms with E-state index >= 15 is 0 Å². The fourth-order valence-electron chi connectivity index (χ4n) is 1.58. The normalized spacial score (nSPS) is 11.3. The maximum Gasteiger partial charge on any atom is 0.326 e. The molecule has 0 saturated carbocycles. The number of hydrogen-bond acceptors (Lipinski definition) is 3. The van der Waals surface area contributed by atoms with Crippen LogP contribution in [0.25, 0.3) is 0 Å². The molecule has 0 saturated heterocycles. The van der Waals surface area contributed by atoms with Crippen molar-refractivity contribution in [3.63, 3.8) is 0 Å². The van der Waals surface area contributed by atoms with Gasteiger partial charge in [-0.05, 0) is 12.8 Å². The molecule has 0 aliphatic carbocycles. The largest absolute Gasteiger partial charge is 0.480 e. The van der Waals surface area contributed by atoms with Gasteiger partial charge in [0.25, 0.3) is 0 Å². The first kappa shape index (κ1) is 15.6. The maximum atomic E-state index is 11.6. The highest BCUT2D eigenvalue weighted by Gasteiger charge is 2.20. The summed E-state index contributed by atoms with van der Waals surface area (Å²) in [6.45, 7) is 0.462. The third kappa shape index (κ3) is 5.91. The Hall–Kier alpha value is -2.49. The summed E-state index contributed by atoms with van der Waals surface area (Å²) in [6.07, 6.45) is 10.5. The number of terminal acetylenes is 1. The van der Waals surface area contributed by atoms with E-state index in [-0.39, 0.29) is 6.42 Å². The molecule has 0 fully saturated rings. The van der Waals surface area contributed by atoms with E-state index in [2.05, 4.69) is 26.5 Å². The number of aliphatic carboxylic acids is 1. The summed E-state index contributed by atoms with van der Waals surface area (Å²) in [5, 5.41) is 14.1. The molecule has 1 atom stereocenters. The standard InChI is InChI=1S/C13H18N4O3/c1-2-3-4-5-6-15-13(20)17-11(12(18)19)7-10-8-14-9-16-10/h1,8-9,11H,3-7H2,(H,14,16)(H,18,19)(H2,15,17,20)/t11-/m1/s1. The average molecular weight is 278 g/mol. The van der Waals surface area contributed by atoms with E-state index in [1.54, 1.807) is 0 Å². The summed E-state index contributed by atoms with van der Waals surface area (Å²) in [6, 6.07) is -1.50. The summed E-state index contributed by atoms with van der Waals surface area (Å²) in [7, 11) is 0. The van der Waals surface area contributed by atoms with Gasteiger partial charge in [0.1, 0.15) is 6.04 Å². The van der Waals surface area contributed by atoms with Gasteiger partial charge in [-0.2, -0.15) is 0 Å². The smallest absolute Gasteiger partial charge is 0.326 e. The van der Waals surface area contributed by atoms with Crippen molar-refractivity contribution < 1.29 is 14.7 Å². The lowest BCUT2D eigenvalue weighted by Crippen LogP contribution is -2.47. The molecule has 1 aromatic heterocycles. The number of aromatic nitrogens is 2. The molecule has 7 heteroatoms. The second-order valence-corrected chi connectivity index (χ2v) is 4.23. The van der Waals surface area contributed by atoms with Gasteiger partial charge in [-0.15, -0.1) is 12.3 Å². The summed E-state index contributed by atoms with van der Waals surface area (Å²) >= 11 is 0. The number of aromatic amines is 1. The molecule has 20 heavy (non-hydrogen) atoms. The van der Waals surface area contributed by atoms with Crippen molar-refractivity contribution in [2.45, 2.75) is 31.7 Å². The van der Waals surface area contributed by atoms with Crippen molar-refractivity contribution in [1.82, 2.24) is 20.6 Å². The monoisotopic (exact) mass is 278 g/mol. The fourth-order valence-corrected chi connectivity index (χ4v) is 1.58. The van der Waals surface area contributed by atoms with Crippen molar-refractivity contribution >= 4 is 12.0 Å². The highest BCUT2D eigenvalue weighted by molar-refractivity contribution is 5.82. The molecule has 0 bridgehead atoms. The molecule has 0 aliphatic rings. The Labute approximate surface area is 117 Å². The fraction of sp³-hybridized carbons (Fsp3) is 0.462. The molecule has 2 amide bonds. The van der Waals surface area contributed by atoms with Crippen LogP contribution in [-0.2, 0) is 11.2 Å². The minimum Gasteiger partial charge on any atom is -0.480 e. The van der Waals surface area contributed by atoms with E-state index in [1.165, 1.54) is 12.5 Å². The first-order valence-corrected chi connectivity index (χ1v) is 6.31. The lowest BCUT2D eigenvalue weighted by Gasteiger charge is -2.14. The molecular weight excluding hydrogens is 260 g/mol. The first-order chi connectivity index (χ1) is 9.63. The molecule has 7 nitrogen and oxygen atoms in total. The lowest BCUT2D eigenvalue weighted by molar-refractivity contribution is -0.139. The van der Waals surface area contributed by atoms with Crippen LogP contribution < -0.4 is 10.6 Å². The number of carbonyl (C=O) groups is 2. The minimum absolute atomic E-state index is 0.153. The molecule has 0 spiro atoms. The number of carbonyl (C=O) groups excluding carboxylic acids is 1. The topological polar surface area (TPSA) is 107 Å². The molecule has 0 unspecified atom stereocenters. The summed E-state index contributed by atoms with van der Waals surface area (Å²) in [5.41, 5.74) is 0.645. The van der Waals surface area contributed by atoms with Crippen LogP contribution in [0.4, 0.5) is 4.79 Å². The number of nitrogens with one attached hydrogen (secondary N) is 3. The van der Waals surface area contributed by atoms with Crippen molar-refractivity contribution in [3.8, 4) is 12.3 Å².